The summed E-state index contributed by atoms with van der Waals surface area (Å²) >= 11 is 4.32. The highest BCUT2D eigenvalue weighted by Crippen LogP contribution is 2.19. The normalized spacial score (nSPS) is 13.5. The Hall–Kier alpha value is -0.960. The zero-order valence-electron chi connectivity index (χ0n) is 6.78. The lowest BCUT2D eigenvalue weighted by Gasteiger charge is -2.01. The van der Waals surface area contributed by atoms with E-state index >= 15 is 0 Å². The van der Waals surface area contributed by atoms with Gasteiger partial charge in [-0.25, -0.2) is 0 Å². The summed E-state index contributed by atoms with van der Waals surface area (Å²) in [6.07, 6.45) is 3.84. The van der Waals surface area contributed by atoms with Crippen molar-refractivity contribution in [2.45, 2.75) is 12.2 Å². The molecule has 0 aliphatic rings. The Morgan fingerprint density at radius 1 is 1.42 bits per heavy atom. The fourth-order valence-electron chi connectivity index (χ4n) is 1.18. The monoisotopic (exact) mass is 178 g/mol. The number of fused-ring (bicyclic) bond motifs is 1. The molecule has 2 rings (SSSR count). The molecule has 0 fully saturated rings. The molecule has 2 aromatic heterocycles. The van der Waals surface area contributed by atoms with Crippen molar-refractivity contribution in [2.24, 2.45) is 0 Å². The summed E-state index contributed by atoms with van der Waals surface area (Å²) in [7, 11) is 0. The lowest BCUT2D eigenvalue weighted by atomic mass is 10.2. The van der Waals surface area contributed by atoms with Crippen molar-refractivity contribution in [3.05, 3.63) is 30.2 Å². The van der Waals surface area contributed by atoms with Crippen molar-refractivity contribution < 1.29 is 0 Å². The Kier molecular flexibility index (Phi) is 1.81. The maximum absolute atomic E-state index is 4.43. The molecule has 2 heterocycles. The van der Waals surface area contributed by atoms with Crippen molar-refractivity contribution in [3.63, 3.8) is 0 Å². The van der Waals surface area contributed by atoms with Gasteiger partial charge in [0.05, 0.1) is 11.2 Å². The second kappa shape index (κ2) is 2.83. The minimum Gasteiger partial charge on any atom is -0.365 e. The van der Waals surface area contributed by atoms with Crippen molar-refractivity contribution >= 4 is 23.5 Å². The topological polar surface area (TPSA) is 28.7 Å². The van der Waals surface area contributed by atoms with Crippen LogP contribution in [-0.4, -0.2) is 9.97 Å². The van der Waals surface area contributed by atoms with Crippen molar-refractivity contribution in [1.82, 2.24) is 9.97 Å². The number of nitrogens with zero attached hydrogens (tertiary/aromatic N) is 1. The molecule has 0 saturated heterocycles. The molecule has 0 bridgehead atoms. The van der Waals surface area contributed by atoms with Gasteiger partial charge < -0.3 is 4.98 Å². The van der Waals surface area contributed by atoms with Crippen LogP contribution in [0.5, 0.6) is 0 Å². The predicted octanol–water partition coefficient (Wildman–Crippen LogP) is 2.55. The molecule has 0 aliphatic heterocycles. The number of aromatic nitrogens is 2. The van der Waals surface area contributed by atoms with Gasteiger partial charge in [0.1, 0.15) is 0 Å². The molecule has 1 unspecified atom stereocenters. The minimum atomic E-state index is 0.198. The number of aromatic amines is 1. The summed E-state index contributed by atoms with van der Waals surface area (Å²) in [6.45, 7) is 2.02. The van der Waals surface area contributed by atoms with Gasteiger partial charge in [0.15, 0.2) is 0 Å². The Morgan fingerprint density at radius 2 is 2.25 bits per heavy atom. The number of pyridine rings is 1. The van der Waals surface area contributed by atoms with E-state index in [1.54, 1.807) is 0 Å². The Balaban J connectivity index is 2.60. The highest BCUT2D eigenvalue weighted by atomic mass is 32.1. The zero-order chi connectivity index (χ0) is 8.55. The van der Waals surface area contributed by atoms with Crippen molar-refractivity contribution in [1.29, 1.82) is 0 Å². The predicted molar refractivity (Wildman–Crippen MR) is 53.5 cm³/mol. The molecule has 3 heteroatoms. The summed E-state index contributed by atoms with van der Waals surface area (Å²) in [5, 5.41) is 1.34. The zero-order valence-corrected chi connectivity index (χ0v) is 7.68. The third-order valence-electron chi connectivity index (χ3n) is 1.87. The van der Waals surface area contributed by atoms with Gasteiger partial charge in [-0.1, -0.05) is 0 Å². The van der Waals surface area contributed by atoms with Gasteiger partial charge in [-0.15, -0.1) is 0 Å². The molecule has 0 spiro atoms. The average Bonchev–Trinajstić information content (AvgIpc) is 2.49. The first-order valence-electron chi connectivity index (χ1n) is 3.89. The molecule has 62 valence electrons. The number of hydrogen-bond acceptors (Lipinski definition) is 2. The standard InChI is InChI=1S/C9H10N2S/c1-6(12)8-3-2-7-4-10-5-9(7)11-8/h2-6,10,12H,1H3. The van der Waals surface area contributed by atoms with Gasteiger partial charge in [-0.2, -0.15) is 12.6 Å². The maximum atomic E-state index is 4.43. The molecule has 1 N–H and O–H groups in total. The Bertz CT molecular complexity index is 392. The molecule has 0 aliphatic carbocycles. The summed E-state index contributed by atoms with van der Waals surface area (Å²) in [4.78, 5) is 7.44. The van der Waals surface area contributed by atoms with Gasteiger partial charge in [0.25, 0.3) is 0 Å². The van der Waals surface area contributed by atoms with Crippen LogP contribution >= 0.6 is 12.6 Å². The summed E-state index contributed by atoms with van der Waals surface area (Å²) in [5.74, 6) is 0. The lowest BCUT2D eigenvalue weighted by molar-refractivity contribution is 1.04. The molecule has 2 aromatic rings. The molecular formula is C9H10N2S. The molecule has 0 amide bonds. The number of thiol groups is 1. The van der Waals surface area contributed by atoms with Crippen LogP contribution in [0.1, 0.15) is 17.9 Å². The van der Waals surface area contributed by atoms with Crippen LogP contribution in [-0.2, 0) is 0 Å². The average molecular weight is 178 g/mol. The van der Waals surface area contributed by atoms with E-state index in [4.69, 9.17) is 0 Å². The highest BCUT2D eigenvalue weighted by molar-refractivity contribution is 7.80. The van der Waals surface area contributed by atoms with Gasteiger partial charge >= 0.3 is 0 Å². The van der Waals surface area contributed by atoms with Crippen LogP contribution in [0.3, 0.4) is 0 Å². The molecule has 1 atom stereocenters. The van der Waals surface area contributed by atoms with Crippen LogP contribution in [0.25, 0.3) is 10.9 Å². The number of hydrogen-bond donors (Lipinski definition) is 2. The number of H-pyrrole nitrogens is 1. The fraction of sp³-hybridized carbons (Fsp3) is 0.222. The van der Waals surface area contributed by atoms with Crippen LogP contribution in [0.15, 0.2) is 24.5 Å². The third-order valence-corrected chi connectivity index (χ3v) is 2.13. The van der Waals surface area contributed by atoms with E-state index < -0.39 is 0 Å². The molecule has 2 nitrogen and oxygen atoms in total. The van der Waals surface area contributed by atoms with Crippen LogP contribution in [0.4, 0.5) is 0 Å². The second-order valence-corrected chi connectivity index (χ2v) is 3.62. The first-order valence-corrected chi connectivity index (χ1v) is 4.40. The van der Waals surface area contributed by atoms with Crippen molar-refractivity contribution in [2.75, 3.05) is 0 Å². The molecule has 0 radical (unpaired) electrons. The Labute approximate surface area is 76.4 Å². The summed E-state index contributed by atoms with van der Waals surface area (Å²) in [6, 6.07) is 4.06. The molecule has 0 aromatic carbocycles. The molecule has 12 heavy (non-hydrogen) atoms. The van der Waals surface area contributed by atoms with E-state index in [2.05, 4.69) is 28.7 Å². The maximum Gasteiger partial charge on any atom is 0.0880 e. The van der Waals surface area contributed by atoms with E-state index in [1.807, 2.05) is 25.4 Å². The van der Waals surface area contributed by atoms with E-state index in [0.29, 0.717) is 0 Å². The number of nitrogens with one attached hydrogen (secondary N) is 1. The number of rotatable bonds is 1. The summed E-state index contributed by atoms with van der Waals surface area (Å²) < 4.78 is 0. The van der Waals surface area contributed by atoms with Gasteiger partial charge in [-0.3, -0.25) is 4.98 Å². The van der Waals surface area contributed by atoms with Gasteiger partial charge in [-0.05, 0) is 19.1 Å². The third kappa shape index (κ3) is 1.20. The first-order chi connectivity index (χ1) is 5.77. The van der Waals surface area contributed by atoms with Crippen LogP contribution in [0.2, 0.25) is 0 Å². The largest absolute Gasteiger partial charge is 0.365 e. The highest BCUT2D eigenvalue weighted by Gasteiger charge is 2.02. The van der Waals surface area contributed by atoms with Gasteiger partial charge in [0.2, 0.25) is 0 Å². The quantitative estimate of drug-likeness (QED) is 0.645. The van der Waals surface area contributed by atoms with E-state index in [9.17, 15) is 0 Å². The van der Waals surface area contributed by atoms with E-state index in [0.717, 1.165) is 16.6 Å². The van der Waals surface area contributed by atoms with Crippen LogP contribution < -0.4 is 0 Å². The lowest BCUT2D eigenvalue weighted by Crippen LogP contribution is -1.88. The summed E-state index contributed by atoms with van der Waals surface area (Å²) in [5.41, 5.74) is 2.03. The van der Waals surface area contributed by atoms with Gasteiger partial charge in [0, 0.05) is 23.0 Å². The van der Waals surface area contributed by atoms with E-state index in [-0.39, 0.29) is 5.25 Å². The SMILES string of the molecule is CC(S)c1ccc2c[nH]cc2n1. The Morgan fingerprint density at radius 3 is 3.00 bits per heavy atom. The van der Waals surface area contributed by atoms with Crippen molar-refractivity contribution in [3.8, 4) is 0 Å². The first kappa shape index (κ1) is 7.68. The second-order valence-electron chi connectivity index (χ2n) is 2.84. The smallest absolute Gasteiger partial charge is 0.0880 e. The molecular weight excluding hydrogens is 168 g/mol. The van der Waals surface area contributed by atoms with Crippen LogP contribution in [0, 0.1) is 0 Å². The van der Waals surface area contributed by atoms with E-state index in [1.165, 1.54) is 0 Å². The fourth-order valence-corrected chi connectivity index (χ4v) is 1.33. The minimum absolute atomic E-state index is 0.198. The molecule has 0 saturated carbocycles.